The molecule has 0 aliphatic rings. The number of carbonyl (C=O) groups is 1. The van der Waals surface area contributed by atoms with E-state index in [1.807, 2.05) is 0 Å². The summed E-state index contributed by atoms with van der Waals surface area (Å²) < 4.78 is 0. The molecule has 0 aromatic rings. The minimum Gasteiger partial charge on any atom is -0.478 e. The Morgan fingerprint density at radius 2 is 2.20 bits per heavy atom. The van der Waals surface area contributed by atoms with Crippen LogP contribution in [0.3, 0.4) is 0 Å². The summed E-state index contributed by atoms with van der Waals surface area (Å²) in [6.45, 7) is 1.73. The van der Waals surface area contributed by atoms with Gasteiger partial charge in [-0.15, -0.1) is 0 Å². The van der Waals surface area contributed by atoms with E-state index < -0.39 is 5.97 Å². The lowest BCUT2D eigenvalue weighted by molar-refractivity contribution is -0.132. The van der Waals surface area contributed by atoms with E-state index in [1.54, 1.807) is 13.0 Å². The van der Waals surface area contributed by atoms with Gasteiger partial charge in [-0.2, -0.15) is 0 Å². The minimum atomic E-state index is -0.893. The van der Waals surface area contributed by atoms with Gasteiger partial charge in [-0.25, -0.2) is 4.79 Å². The van der Waals surface area contributed by atoms with Crippen LogP contribution in [0.2, 0.25) is 0 Å². The fourth-order valence-corrected chi connectivity index (χ4v) is 0.644. The van der Waals surface area contributed by atoms with E-state index in [0.29, 0.717) is 18.4 Å². The summed E-state index contributed by atoms with van der Waals surface area (Å²) in [5.74, 6) is -0.893. The number of rotatable bonds is 4. The molecule has 0 atom stereocenters. The monoisotopic (exact) mass is 144 g/mol. The van der Waals surface area contributed by atoms with Gasteiger partial charge in [0.05, 0.1) is 0 Å². The van der Waals surface area contributed by atoms with E-state index in [0.717, 1.165) is 0 Å². The minimum absolute atomic E-state index is 0.0463. The summed E-state index contributed by atoms with van der Waals surface area (Å²) in [6, 6.07) is 0. The molecule has 0 spiro atoms. The number of aliphatic hydroxyl groups excluding tert-OH is 1. The molecule has 0 amide bonds. The molecule has 58 valence electrons. The normalized spacial score (nSPS) is 11.6. The Hall–Kier alpha value is -0.830. The van der Waals surface area contributed by atoms with E-state index in [2.05, 4.69) is 0 Å². The molecule has 0 aromatic carbocycles. The van der Waals surface area contributed by atoms with Crippen molar-refractivity contribution in [2.75, 3.05) is 6.61 Å². The lowest BCUT2D eigenvalue weighted by Crippen LogP contribution is -2.00. The van der Waals surface area contributed by atoms with Crippen LogP contribution in [0.15, 0.2) is 11.6 Å². The largest absolute Gasteiger partial charge is 0.478 e. The van der Waals surface area contributed by atoms with Crippen molar-refractivity contribution >= 4 is 5.97 Å². The maximum absolute atomic E-state index is 10.3. The number of hydrogen-bond donors (Lipinski definition) is 2. The summed E-state index contributed by atoms with van der Waals surface area (Å²) in [4.78, 5) is 10.3. The zero-order chi connectivity index (χ0) is 7.98. The number of hydrogen-bond acceptors (Lipinski definition) is 2. The zero-order valence-electron chi connectivity index (χ0n) is 6.00. The van der Waals surface area contributed by atoms with E-state index in [-0.39, 0.29) is 6.61 Å². The SMILES string of the molecule is C/C=C(\CCCO)C(=O)O. The Labute approximate surface area is 60.0 Å². The Balaban J connectivity index is 3.74. The van der Waals surface area contributed by atoms with Crippen LogP contribution < -0.4 is 0 Å². The zero-order valence-corrected chi connectivity index (χ0v) is 6.00. The van der Waals surface area contributed by atoms with Gasteiger partial charge >= 0.3 is 5.97 Å². The van der Waals surface area contributed by atoms with Gasteiger partial charge in [0.15, 0.2) is 0 Å². The van der Waals surface area contributed by atoms with Crippen molar-refractivity contribution in [1.29, 1.82) is 0 Å². The highest BCUT2D eigenvalue weighted by Gasteiger charge is 2.03. The quantitative estimate of drug-likeness (QED) is 0.573. The van der Waals surface area contributed by atoms with Crippen LogP contribution in [0, 0.1) is 0 Å². The van der Waals surface area contributed by atoms with Crippen molar-refractivity contribution in [3.8, 4) is 0 Å². The lowest BCUT2D eigenvalue weighted by atomic mass is 10.1. The van der Waals surface area contributed by atoms with Crippen LogP contribution >= 0.6 is 0 Å². The second kappa shape index (κ2) is 4.99. The molecule has 0 fully saturated rings. The van der Waals surface area contributed by atoms with E-state index in [4.69, 9.17) is 10.2 Å². The Kier molecular flexibility index (Phi) is 4.58. The summed E-state index contributed by atoms with van der Waals surface area (Å²) in [7, 11) is 0. The second-order valence-electron chi connectivity index (χ2n) is 1.95. The van der Waals surface area contributed by atoms with Gasteiger partial charge in [0.2, 0.25) is 0 Å². The highest BCUT2D eigenvalue weighted by atomic mass is 16.4. The fourth-order valence-electron chi connectivity index (χ4n) is 0.644. The number of allylic oxidation sites excluding steroid dienone is 1. The predicted octanol–water partition coefficient (Wildman–Crippen LogP) is 0.790. The first-order valence-electron chi connectivity index (χ1n) is 3.21. The van der Waals surface area contributed by atoms with E-state index in [9.17, 15) is 4.79 Å². The molecule has 2 N–H and O–H groups in total. The molecule has 0 aromatic heterocycles. The third kappa shape index (κ3) is 3.25. The van der Waals surface area contributed by atoms with Gasteiger partial charge in [-0.1, -0.05) is 6.08 Å². The number of aliphatic hydroxyl groups is 1. The summed E-state index contributed by atoms with van der Waals surface area (Å²) in [5.41, 5.74) is 0.369. The van der Waals surface area contributed by atoms with Crippen LogP contribution in [0.1, 0.15) is 19.8 Å². The van der Waals surface area contributed by atoms with Gasteiger partial charge < -0.3 is 10.2 Å². The standard InChI is InChI=1S/C7H12O3/c1-2-6(7(9)10)4-3-5-8/h2,8H,3-5H2,1H3,(H,9,10)/b6-2+. The number of carboxylic acids is 1. The van der Waals surface area contributed by atoms with Crippen LogP contribution in [0.4, 0.5) is 0 Å². The molecule has 10 heavy (non-hydrogen) atoms. The molecule has 3 nitrogen and oxygen atoms in total. The van der Waals surface area contributed by atoms with Crippen molar-refractivity contribution in [3.63, 3.8) is 0 Å². The summed E-state index contributed by atoms with van der Waals surface area (Å²) >= 11 is 0. The van der Waals surface area contributed by atoms with Crippen molar-refractivity contribution in [1.82, 2.24) is 0 Å². The molecule has 0 aliphatic carbocycles. The van der Waals surface area contributed by atoms with Crippen molar-refractivity contribution in [2.24, 2.45) is 0 Å². The van der Waals surface area contributed by atoms with Crippen LogP contribution in [-0.4, -0.2) is 22.8 Å². The van der Waals surface area contributed by atoms with Gasteiger partial charge in [-0.05, 0) is 19.8 Å². The Bertz CT molecular complexity index is 138. The molecular formula is C7H12O3. The maximum Gasteiger partial charge on any atom is 0.331 e. The molecule has 0 aliphatic heterocycles. The Morgan fingerprint density at radius 3 is 2.50 bits per heavy atom. The highest BCUT2D eigenvalue weighted by Crippen LogP contribution is 2.03. The van der Waals surface area contributed by atoms with Gasteiger partial charge in [0, 0.05) is 12.2 Å². The van der Waals surface area contributed by atoms with Gasteiger partial charge in [-0.3, -0.25) is 0 Å². The smallest absolute Gasteiger partial charge is 0.331 e. The third-order valence-corrected chi connectivity index (χ3v) is 1.23. The first-order valence-corrected chi connectivity index (χ1v) is 3.21. The molecule has 0 rings (SSSR count). The van der Waals surface area contributed by atoms with Gasteiger partial charge in [0.1, 0.15) is 0 Å². The molecule has 0 saturated heterocycles. The molecule has 0 unspecified atom stereocenters. The first kappa shape index (κ1) is 9.17. The van der Waals surface area contributed by atoms with Crippen LogP contribution in [0.5, 0.6) is 0 Å². The summed E-state index contributed by atoms with van der Waals surface area (Å²) in [6.07, 6.45) is 2.52. The van der Waals surface area contributed by atoms with Crippen molar-refractivity contribution in [2.45, 2.75) is 19.8 Å². The van der Waals surface area contributed by atoms with Crippen LogP contribution in [0.25, 0.3) is 0 Å². The Morgan fingerprint density at radius 1 is 1.60 bits per heavy atom. The highest BCUT2D eigenvalue weighted by molar-refractivity contribution is 5.86. The lowest BCUT2D eigenvalue weighted by Gasteiger charge is -1.97. The number of aliphatic carboxylic acids is 1. The fraction of sp³-hybridized carbons (Fsp3) is 0.571. The second-order valence-corrected chi connectivity index (χ2v) is 1.95. The predicted molar refractivity (Wildman–Crippen MR) is 37.7 cm³/mol. The number of carboxylic acid groups (broad SMARTS) is 1. The molecule has 3 heteroatoms. The van der Waals surface area contributed by atoms with Crippen molar-refractivity contribution in [3.05, 3.63) is 11.6 Å². The van der Waals surface area contributed by atoms with Gasteiger partial charge in [0.25, 0.3) is 0 Å². The molecule has 0 radical (unpaired) electrons. The molecule has 0 bridgehead atoms. The first-order chi connectivity index (χ1) is 4.72. The molecule has 0 saturated carbocycles. The van der Waals surface area contributed by atoms with Crippen LogP contribution in [-0.2, 0) is 4.79 Å². The maximum atomic E-state index is 10.3. The third-order valence-electron chi connectivity index (χ3n) is 1.23. The topological polar surface area (TPSA) is 57.5 Å². The average Bonchev–Trinajstić information content (AvgIpc) is 1.89. The molecule has 0 heterocycles. The van der Waals surface area contributed by atoms with E-state index >= 15 is 0 Å². The summed E-state index contributed by atoms with van der Waals surface area (Å²) in [5, 5.41) is 16.8. The average molecular weight is 144 g/mol. The molecular weight excluding hydrogens is 132 g/mol. The van der Waals surface area contributed by atoms with Crippen molar-refractivity contribution < 1.29 is 15.0 Å². The van der Waals surface area contributed by atoms with E-state index in [1.165, 1.54) is 0 Å².